The van der Waals surface area contributed by atoms with Gasteiger partial charge in [0.15, 0.2) is 0 Å². The van der Waals surface area contributed by atoms with Crippen molar-refractivity contribution in [1.82, 2.24) is 14.6 Å². The van der Waals surface area contributed by atoms with Crippen LogP contribution in [-0.4, -0.2) is 49.0 Å². The lowest BCUT2D eigenvalue weighted by molar-refractivity contribution is -0.121. The van der Waals surface area contributed by atoms with E-state index in [2.05, 4.69) is 10.3 Å². The van der Waals surface area contributed by atoms with Gasteiger partial charge in [-0.2, -0.15) is 4.31 Å². The van der Waals surface area contributed by atoms with E-state index in [4.69, 9.17) is 0 Å². The Hall–Kier alpha value is -1.86. The number of benzene rings is 1. The highest BCUT2D eigenvalue weighted by Gasteiger charge is 2.27. The molecule has 3 rings (SSSR count). The predicted octanol–water partition coefficient (Wildman–Crippen LogP) is 1.25. The molecule has 0 bridgehead atoms. The first kappa shape index (κ1) is 16.0. The molecular weight excluding hydrogens is 314 g/mol. The van der Waals surface area contributed by atoms with Crippen LogP contribution >= 0.6 is 0 Å². The molecule has 1 amide bonds. The molecule has 1 aliphatic heterocycles. The molecule has 0 aliphatic carbocycles. The van der Waals surface area contributed by atoms with Crippen molar-refractivity contribution in [2.45, 2.75) is 19.3 Å². The molecule has 0 radical (unpaired) electrons. The number of fused-ring (bicyclic) bond motifs is 1. The maximum Gasteiger partial charge on any atom is 0.235 e. The number of amides is 1. The average molecular weight is 335 g/mol. The number of hydrogen-bond acceptors (Lipinski definition) is 3. The first-order valence-electron chi connectivity index (χ1n) is 7.86. The van der Waals surface area contributed by atoms with Crippen LogP contribution in [0.2, 0.25) is 0 Å². The van der Waals surface area contributed by atoms with Crippen LogP contribution in [0.4, 0.5) is 0 Å². The van der Waals surface area contributed by atoms with Crippen LogP contribution < -0.4 is 5.32 Å². The van der Waals surface area contributed by atoms with E-state index in [1.807, 2.05) is 30.5 Å². The molecule has 0 spiro atoms. The highest BCUT2D eigenvalue weighted by atomic mass is 32.2. The van der Waals surface area contributed by atoms with Crippen molar-refractivity contribution >= 4 is 26.8 Å². The summed E-state index contributed by atoms with van der Waals surface area (Å²) in [5.74, 6) is -0.0920. The van der Waals surface area contributed by atoms with E-state index in [1.54, 1.807) is 0 Å². The number of nitrogens with one attached hydrogen (secondary N) is 2. The van der Waals surface area contributed by atoms with E-state index in [9.17, 15) is 13.2 Å². The summed E-state index contributed by atoms with van der Waals surface area (Å²) in [6.07, 6.45) is 4.16. The second-order valence-electron chi connectivity index (χ2n) is 5.82. The fraction of sp³-hybridized carbons (Fsp3) is 0.438. The number of aromatic amines is 1. The van der Waals surface area contributed by atoms with Crippen molar-refractivity contribution in [3.63, 3.8) is 0 Å². The third-order valence-electron chi connectivity index (χ3n) is 4.16. The zero-order valence-corrected chi connectivity index (χ0v) is 13.7. The highest BCUT2D eigenvalue weighted by Crippen LogP contribution is 2.17. The van der Waals surface area contributed by atoms with Gasteiger partial charge in [0, 0.05) is 30.2 Å². The van der Waals surface area contributed by atoms with Crippen LogP contribution in [-0.2, 0) is 21.2 Å². The van der Waals surface area contributed by atoms with Gasteiger partial charge in [0.1, 0.15) is 0 Å². The molecule has 6 nitrogen and oxygen atoms in total. The van der Waals surface area contributed by atoms with E-state index < -0.39 is 10.0 Å². The standard InChI is InChI=1S/C16H21N3O3S/c20-16(12-19-9-3-4-10-23(19,21)22)17-8-7-13-11-18-15-6-2-1-5-14(13)15/h1-2,5-6,11,18H,3-4,7-10,12H2,(H,17,20). The van der Waals surface area contributed by atoms with Gasteiger partial charge >= 0.3 is 0 Å². The molecule has 1 aromatic carbocycles. The molecule has 2 heterocycles. The number of nitrogens with zero attached hydrogens (tertiary/aromatic N) is 1. The van der Waals surface area contributed by atoms with Gasteiger partial charge in [-0.25, -0.2) is 8.42 Å². The molecule has 124 valence electrons. The lowest BCUT2D eigenvalue weighted by atomic mass is 10.1. The van der Waals surface area contributed by atoms with Gasteiger partial charge in [0.05, 0.1) is 12.3 Å². The van der Waals surface area contributed by atoms with Crippen molar-refractivity contribution < 1.29 is 13.2 Å². The molecule has 2 N–H and O–H groups in total. The molecule has 0 saturated carbocycles. The lowest BCUT2D eigenvalue weighted by Gasteiger charge is -2.25. The van der Waals surface area contributed by atoms with Crippen molar-refractivity contribution in [3.05, 3.63) is 36.0 Å². The highest BCUT2D eigenvalue weighted by molar-refractivity contribution is 7.89. The number of rotatable bonds is 5. The van der Waals surface area contributed by atoms with Gasteiger partial charge in [0.25, 0.3) is 0 Å². The Kier molecular flexibility index (Phi) is 4.68. The molecule has 1 saturated heterocycles. The largest absolute Gasteiger partial charge is 0.361 e. The van der Waals surface area contributed by atoms with E-state index in [1.165, 1.54) is 4.31 Å². The number of hydrogen-bond donors (Lipinski definition) is 2. The Morgan fingerprint density at radius 1 is 1.26 bits per heavy atom. The van der Waals surface area contributed by atoms with E-state index >= 15 is 0 Å². The van der Waals surface area contributed by atoms with E-state index in [0.29, 0.717) is 25.9 Å². The Morgan fingerprint density at radius 3 is 2.91 bits per heavy atom. The Labute approximate surface area is 135 Å². The molecule has 7 heteroatoms. The Bertz CT molecular complexity index is 798. The summed E-state index contributed by atoms with van der Waals surface area (Å²) >= 11 is 0. The van der Waals surface area contributed by atoms with Crippen LogP contribution in [0.25, 0.3) is 10.9 Å². The minimum atomic E-state index is -3.25. The van der Waals surface area contributed by atoms with Gasteiger partial charge in [-0.05, 0) is 30.9 Å². The molecular formula is C16H21N3O3S. The van der Waals surface area contributed by atoms with Crippen LogP contribution in [0.3, 0.4) is 0 Å². The average Bonchev–Trinajstić information content (AvgIpc) is 2.93. The molecule has 1 fully saturated rings. The van der Waals surface area contributed by atoms with Crippen LogP contribution in [0.1, 0.15) is 18.4 Å². The number of para-hydroxylation sites is 1. The molecule has 2 aromatic rings. The van der Waals surface area contributed by atoms with Crippen LogP contribution in [0.15, 0.2) is 30.5 Å². The lowest BCUT2D eigenvalue weighted by Crippen LogP contribution is -2.44. The van der Waals surface area contributed by atoms with Gasteiger partial charge in [-0.1, -0.05) is 18.2 Å². The number of aromatic nitrogens is 1. The molecule has 1 aromatic heterocycles. The summed E-state index contributed by atoms with van der Waals surface area (Å²) in [6, 6.07) is 8.02. The zero-order chi connectivity index (χ0) is 16.3. The molecule has 0 atom stereocenters. The van der Waals surface area contributed by atoms with Crippen molar-refractivity contribution in [2.24, 2.45) is 0 Å². The predicted molar refractivity (Wildman–Crippen MR) is 89.6 cm³/mol. The first-order chi connectivity index (χ1) is 11.1. The third-order valence-corrected chi connectivity index (χ3v) is 6.07. The van der Waals surface area contributed by atoms with Crippen molar-refractivity contribution in [3.8, 4) is 0 Å². The monoisotopic (exact) mass is 335 g/mol. The minimum absolute atomic E-state index is 0.0732. The Morgan fingerprint density at radius 2 is 2.09 bits per heavy atom. The number of carbonyl (C=O) groups is 1. The summed E-state index contributed by atoms with van der Waals surface area (Å²) in [5, 5.41) is 3.96. The fourth-order valence-electron chi connectivity index (χ4n) is 2.91. The normalized spacial score (nSPS) is 18.1. The fourth-order valence-corrected chi connectivity index (χ4v) is 4.46. The Balaban J connectivity index is 1.51. The summed E-state index contributed by atoms with van der Waals surface area (Å²) in [6.45, 7) is 0.864. The van der Waals surface area contributed by atoms with Crippen molar-refractivity contribution in [1.29, 1.82) is 0 Å². The summed E-state index contributed by atoms with van der Waals surface area (Å²) in [7, 11) is -3.25. The van der Waals surface area contributed by atoms with Crippen LogP contribution in [0.5, 0.6) is 0 Å². The van der Waals surface area contributed by atoms with Gasteiger partial charge in [-0.15, -0.1) is 0 Å². The number of H-pyrrole nitrogens is 1. The smallest absolute Gasteiger partial charge is 0.235 e. The topological polar surface area (TPSA) is 82.3 Å². The maximum absolute atomic E-state index is 12.0. The summed E-state index contributed by atoms with van der Waals surface area (Å²) < 4.78 is 25.0. The zero-order valence-electron chi connectivity index (χ0n) is 12.9. The third kappa shape index (κ3) is 3.73. The van der Waals surface area contributed by atoms with Crippen molar-refractivity contribution in [2.75, 3.05) is 25.4 Å². The first-order valence-corrected chi connectivity index (χ1v) is 9.47. The van der Waals surface area contributed by atoms with Gasteiger partial charge in [0.2, 0.25) is 15.9 Å². The number of carbonyl (C=O) groups excluding carboxylic acids is 1. The maximum atomic E-state index is 12.0. The van der Waals surface area contributed by atoms with E-state index in [0.717, 1.165) is 22.9 Å². The molecule has 23 heavy (non-hydrogen) atoms. The molecule has 1 aliphatic rings. The van der Waals surface area contributed by atoms with Gasteiger partial charge in [-0.3, -0.25) is 4.79 Å². The molecule has 0 unspecified atom stereocenters. The summed E-state index contributed by atoms with van der Waals surface area (Å²) in [5.41, 5.74) is 2.22. The SMILES string of the molecule is O=C(CN1CCCCS1(=O)=O)NCCc1c[nH]c2ccccc12. The van der Waals surface area contributed by atoms with Crippen LogP contribution in [0, 0.1) is 0 Å². The second-order valence-corrected chi connectivity index (χ2v) is 7.90. The van der Waals surface area contributed by atoms with E-state index in [-0.39, 0.29) is 18.2 Å². The second kappa shape index (κ2) is 6.72. The summed E-state index contributed by atoms with van der Waals surface area (Å²) in [4.78, 5) is 15.2. The minimum Gasteiger partial charge on any atom is -0.361 e. The van der Waals surface area contributed by atoms with Gasteiger partial charge < -0.3 is 10.3 Å². The number of sulfonamides is 1. The quantitative estimate of drug-likeness (QED) is 0.863.